The molecule has 0 radical (unpaired) electrons. The van der Waals surface area contributed by atoms with E-state index in [1.165, 1.54) is 0 Å². The predicted octanol–water partition coefficient (Wildman–Crippen LogP) is 3.74. The van der Waals surface area contributed by atoms with E-state index in [2.05, 4.69) is 20.8 Å². The molecule has 0 saturated heterocycles. The van der Waals surface area contributed by atoms with E-state index in [-0.39, 0.29) is 17.9 Å². The fourth-order valence-corrected chi connectivity index (χ4v) is 4.76. The zero-order chi connectivity index (χ0) is 20.5. The molecule has 3 unspecified atom stereocenters. The van der Waals surface area contributed by atoms with Crippen LogP contribution in [0.4, 0.5) is 0 Å². The molecule has 2 aromatic carbocycles. The Morgan fingerprint density at radius 1 is 1.04 bits per heavy atom. The van der Waals surface area contributed by atoms with Gasteiger partial charge in [-0.25, -0.2) is 0 Å². The second kappa shape index (κ2) is 5.91. The van der Waals surface area contributed by atoms with Gasteiger partial charge in [-0.1, -0.05) is 63.2 Å². The molecule has 3 atom stereocenters. The van der Waals surface area contributed by atoms with Crippen molar-refractivity contribution in [2.75, 3.05) is 0 Å². The Morgan fingerprint density at radius 2 is 1.64 bits per heavy atom. The summed E-state index contributed by atoms with van der Waals surface area (Å²) in [5, 5.41) is 23.8. The third kappa shape index (κ3) is 2.48. The molecule has 0 spiro atoms. The van der Waals surface area contributed by atoms with Crippen molar-refractivity contribution in [3.63, 3.8) is 0 Å². The molecule has 2 aromatic rings. The van der Waals surface area contributed by atoms with Crippen molar-refractivity contribution in [1.82, 2.24) is 0 Å². The Bertz CT molecular complexity index is 955. The maximum absolute atomic E-state index is 12.9. The molecule has 0 amide bonds. The first-order valence-electron chi connectivity index (χ1n) is 9.90. The maximum atomic E-state index is 12.9. The topological polar surface area (TPSA) is 66.8 Å². The Balaban J connectivity index is 1.98. The summed E-state index contributed by atoms with van der Waals surface area (Å²) in [4.78, 5) is 12.9. The van der Waals surface area contributed by atoms with E-state index in [9.17, 15) is 15.0 Å². The van der Waals surface area contributed by atoms with Crippen LogP contribution in [0.3, 0.4) is 0 Å². The van der Waals surface area contributed by atoms with Crippen molar-refractivity contribution in [3.05, 3.63) is 70.3 Å². The van der Waals surface area contributed by atoms with Crippen LogP contribution in [0.25, 0.3) is 0 Å². The lowest BCUT2D eigenvalue weighted by molar-refractivity contribution is -0.170. The Labute approximate surface area is 166 Å². The summed E-state index contributed by atoms with van der Waals surface area (Å²) in [5.74, 6) is -1.33. The maximum Gasteiger partial charge on any atom is 0.312 e. The van der Waals surface area contributed by atoms with E-state index in [0.29, 0.717) is 22.3 Å². The first kappa shape index (κ1) is 19.2. The van der Waals surface area contributed by atoms with Gasteiger partial charge in [-0.05, 0) is 47.1 Å². The Morgan fingerprint density at radius 3 is 2.25 bits per heavy atom. The monoisotopic (exact) mass is 380 g/mol. The molecule has 0 fully saturated rings. The third-order valence-corrected chi connectivity index (χ3v) is 6.17. The lowest BCUT2D eigenvalue weighted by Gasteiger charge is -2.54. The number of aliphatic hydroxyl groups is 2. The van der Waals surface area contributed by atoms with Crippen LogP contribution in [0.15, 0.2) is 42.5 Å². The second-order valence-corrected chi connectivity index (χ2v) is 9.42. The highest BCUT2D eigenvalue weighted by molar-refractivity contribution is 5.79. The number of hydrogen-bond donors (Lipinski definition) is 2. The molecular formula is C24H28O4. The van der Waals surface area contributed by atoms with Crippen molar-refractivity contribution in [2.24, 2.45) is 5.92 Å². The molecule has 2 bridgehead atoms. The molecule has 148 valence electrons. The lowest BCUT2D eigenvalue weighted by atomic mass is 9.54. The van der Waals surface area contributed by atoms with Crippen LogP contribution in [0, 0.1) is 5.92 Å². The molecule has 4 heteroatoms. The molecule has 0 saturated carbocycles. The van der Waals surface area contributed by atoms with Crippen LogP contribution >= 0.6 is 0 Å². The van der Waals surface area contributed by atoms with Gasteiger partial charge in [0.1, 0.15) is 11.2 Å². The van der Waals surface area contributed by atoms with Crippen molar-refractivity contribution in [3.8, 4) is 0 Å². The molecule has 3 aliphatic carbocycles. The zero-order valence-electron chi connectivity index (χ0n) is 17.1. The highest BCUT2D eigenvalue weighted by Gasteiger charge is 2.62. The molecule has 4 nitrogen and oxygen atoms in total. The summed E-state index contributed by atoms with van der Waals surface area (Å²) in [6.07, 6.45) is -0.184. The summed E-state index contributed by atoms with van der Waals surface area (Å²) in [7, 11) is 0. The second-order valence-electron chi connectivity index (χ2n) is 9.42. The molecule has 28 heavy (non-hydrogen) atoms. The summed E-state index contributed by atoms with van der Waals surface area (Å²) in [6.45, 7) is 9.92. The third-order valence-electron chi connectivity index (χ3n) is 6.17. The van der Waals surface area contributed by atoms with E-state index in [4.69, 9.17) is 4.74 Å². The minimum absolute atomic E-state index is 0.0970. The predicted molar refractivity (Wildman–Crippen MR) is 107 cm³/mol. The molecular weight excluding hydrogens is 352 g/mol. The summed E-state index contributed by atoms with van der Waals surface area (Å²) in [6, 6.07) is 13.2. The van der Waals surface area contributed by atoms with E-state index in [1.807, 2.05) is 36.4 Å². The fourth-order valence-electron chi connectivity index (χ4n) is 4.76. The normalized spacial score (nSPS) is 28.1. The van der Waals surface area contributed by atoms with E-state index < -0.39 is 23.1 Å². The molecule has 3 aliphatic rings. The number of rotatable bonds is 2. The van der Waals surface area contributed by atoms with E-state index in [0.717, 1.165) is 5.56 Å². The van der Waals surface area contributed by atoms with Gasteiger partial charge in [-0.2, -0.15) is 0 Å². The number of fused-ring (bicyclic) bond motifs is 1. The average Bonchev–Trinajstić information content (AvgIpc) is 2.62. The molecule has 0 aromatic heterocycles. The average molecular weight is 380 g/mol. The van der Waals surface area contributed by atoms with Crippen LogP contribution in [0.1, 0.15) is 68.9 Å². The minimum Gasteiger partial charge on any atom is -0.463 e. The summed E-state index contributed by atoms with van der Waals surface area (Å²) >= 11 is 0. The summed E-state index contributed by atoms with van der Waals surface area (Å²) < 4.78 is 5.45. The lowest BCUT2D eigenvalue weighted by Crippen LogP contribution is -2.57. The number of ether oxygens (including phenoxy) is 1. The van der Waals surface area contributed by atoms with Gasteiger partial charge in [0.15, 0.2) is 0 Å². The van der Waals surface area contributed by atoms with Crippen molar-refractivity contribution in [2.45, 2.75) is 63.8 Å². The van der Waals surface area contributed by atoms with Crippen LogP contribution in [-0.4, -0.2) is 22.3 Å². The fraction of sp³-hybridized carbons (Fsp3) is 0.458. The van der Waals surface area contributed by atoms with Crippen molar-refractivity contribution in [1.29, 1.82) is 0 Å². The van der Waals surface area contributed by atoms with Gasteiger partial charge < -0.3 is 14.9 Å². The smallest absolute Gasteiger partial charge is 0.312 e. The number of carbonyl (C=O) groups is 1. The van der Waals surface area contributed by atoms with Gasteiger partial charge in [0, 0.05) is 6.42 Å². The number of benzene rings is 2. The molecule has 0 heterocycles. The molecule has 2 N–H and O–H groups in total. The Hall–Kier alpha value is -2.17. The number of hydrogen-bond acceptors (Lipinski definition) is 4. The van der Waals surface area contributed by atoms with Crippen molar-refractivity contribution >= 4 is 5.97 Å². The molecule has 5 rings (SSSR count). The van der Waals surface area contributed by atoms with E-state index >= 15 is 0 Å². The van der Waals surface area contributed by atoms with Gasteiger partial charge >= 0.3 is 5.97 Å². The van der Waals surface area contributed by atoms with Gasteiger partial charge in [0.05, 0.1) is 12.0 Å². The van der Waals surface area contributed by atoms with Crippen LogP contribution in [0.2, 0.25) is 0 Å². The largest absolute Gasteiger partial charge is 0.463 e. The first-order chi connectivity index (χ1) is 13.0. The van der Waals surface area contributed by atoms with Crippen molar-refractivity contribution < 1.29 is 19.7 Å². The number of carbonyl (C=O) groups excluding carboxylic acids is 1. The van der Waals surface area contributed by atoms with Gasteiger partial charge in [0.2, 0.25) is 0 Å². The highest BCUT2D eigenvalue weighted by atomic mass is 16.5. The first-order valence-corrected chi connectivity index (χ1v) is 9.90. The Kier molecular flexibility index (Phi) is 4.05. The highest BCUT2D eigenvalue weighted by Crippen LogP contribution is 2.60. The van der Waals surface area contributed by atoms with Gasteiger partial charge in [-0.3, -0.25) is 4.79 Å². The van der Waals surface area contributed by atoms with Gasteiger partial charge in [0.25, 0.3) is 0 Å². The SMILES string of the molecule is CC(C)OC(=O)C1CC2(O)c3ccccc3C1(O)c1ccc(C(C)(C)C)cc12. The standard InChI is InChI=1S/C24H28O4/c1-14(2)28-21(25)20-13-23(26)16-8-6-7-9-17(16)24(20,27)18-11-10-15(12-19(18)23)22(3,4)5/h6-12,14,20,26-27H,13H2,1-5H3. The minimum atomic E-state index is -1.52. The molecule has 0 aliphatic heterocycles. The van der Waals surface area contributed by atoms with E-state index in [1.54, 1.807) is 19.9 Å². The van der Waals surface area contributed by atoms with Crippen LogP contribution in [0.5, 0.6) is 0 Å². The van der Waals surface area contributed by atoms with Crippen LogP contribution < -0.4 is 0 Å². The zero-order valence-corrected chi connectivity index (χ0v) is 17.1. The number of esters is 1. The van der Waals surface area contributed by atoms with Crippen LogP contribution in [-0.2, 0) is 26.1 Å². The van der Waals surface area contributed by atoms with Gasteiger partial charge in [-0.15, -0.1) is 0 Å². The summed E-state index contributed by atoms with van der Waals surface area (Å²) in [5.41, 5.74) is 0.676. The quantitative estimate of drug-likeness (QED) is 0.779.